The summed E-state index contributed by atoms with van der Waals surface area (Å²) >= 11 is 0. The van der Waals surface area contributed by atoms with Gasteiger partial charge >= 0.3 is 6.61 Å². The fraction of sp³-hybridized carbons (Fsp3) is 0.633. The largest absolute Gasteiger partial charge is 0.486 e. The first-order chi connectivity index (χ1) is 19.8. The first-order valence-electron chi connectivity index (χ1n) is 14.5. The molecule has 0 radical (unpaired) electrons. The average molecular weight is 593 g/mol. The number of nitrogens with zero attached hydrogens (tertiary/aromatic N) is 4. The van der Waals surface area contributed by atoms with Gasteiger partial charge in [0, 0.05) is 48.0 Å². The van der Waals surface area contributed by atoms with E-state index in [9.17, 15) is 18.0 Å². The van der Waals surface area contributed by atoms with E-state index in [0.717, 1.165) is 38.4 Å². The molecule has 12 heteroatoms. The molecular formula is C30H43F3N6O3. The van der Waals surface area contributed by atoms with Crippen LogP contribution in [0.4, 0.5) is 30.6 Å². The highest BCUT2D eigenvalue weighted by molar-refractivity contribution is 5.60. The van der Waals surface area contributed by atoms with E-state index in [4.69, 9.17) is 9.47 Å². The number of aldehydes is 1. The molecule has 4 rings (SSSR count). The highest BCUT2D eigenvalue weighted by atomic mass is 19.3. The van der Waals surface area contributed by atoms with Crippen LogP contribution >= 0.6 is 0 Å². The lowest BCUT2D eigenvalue weighted by atomic mass is 9.77. The molecule has 0 spiro atoms. The minimum Gasteiger partial charge on any atom is -0.486 e. The molecule has 2 N–H and O–H groups in total. The second-order valence-electron chi connectivity index (χ2n) is 12.7. The van der Waals surface area contributed by atoms with E-state index in [0.29, 0.717) is 31.1 Å². The molecule has 42 heavy (non-hydrogen) atoms. The minimum atomic E-state index is -3.03. The van der Waals surface area contributed by atoms with Gasteiger partial charge in [-0.3, -0.25) is 4.90 Å². The van der Waals surface area contributed by atoms with Crippen LogP contribution in [0.25, 0.3) is 0 Å². The number of rotatable bonds is 11. The van der Waals surface area contributed by atoms with Crippen molar-refractivity contribution in [2.75, 3.05) is 30.3 Å². The van der Waals surface area contributed by atoms with Crippen LogP contribution in [-0.2, 0) is 4.79 Å². The maximum atomic E-state index is 14.8. The summed E-state index contributed by atoms with van der Waals surface area (Å²) in [6.45, 7) is 11.6. The summed E-state index contributed by atoms with van der Waals surface area (Å²) in [6, 6.07) is 4.97. The third-order valence-corrected chi connectivity index (χ3v) is 8.21. The van der Waals surface area contributed by atoms with Gasteiger partial charge in [0.1, 0.15) is 12.4 Å². The summed E-state index contributed by atoms with van der Waals surface area (Å²) in [7, 11) is 0. The zero-order chi connectivity index (χ0) is 30.7. The normalized spacial score (nSPS) is 20.1. The molecule has 2 aromatic rings. The lowest BCUT2D eigenvalue weighted by molar-refractivity contribution is -0.115. The van der Waals surface area contributed by atoms with Gasteiger partial charge in [0.05, 0.1) is 12.7 Å². The first-order valence-corrected chi connectivity index (χ1v) is 14.5. The van der Waals surface area contributed by atoms with Crippen LogP contribution in [-0.4, -0.2) is 81.6 Å². The number of likely N-dealkylation sites (tertiary alicyclic amines) is 2. The highest BCUT2D eigenvalue weighted by Gasteiger charge is 2.45. The Labute approximate surface area is 246 Å². The Balaban J connectivity index is 1.47. The number of ether oxygens (including phenoxy) is 2. The number of carbonyl (C=O) groups excluding carboxylic acids is 1. The van der Waals surface area contributed by atoms with Gasteiger partial charge < -0.3 is 29.8 Å². The second-order valence-corrected chi connectivity index (χ2v) is 12.7. The van der Waals surface area contributed by atoms with E-state index in [-0.39, 0.29) is 46.5 Å². The topological polar surface area (TPSA) is 91.9 Å². The minimum absolute atomic E-state index is 0.0321. The van der Waals surface area contributed by atoms with Crippen molar-refractivity contribution in [3.8, 4) is 11.5 Å². The van der Waals surface area contributed by atoms with Crippen molar-refractivity contribution < 1.29 is 27.4 Å². The zero-order valence-electron chi connectivity index (χ0n) is 25.3. The van der Waals surface area contributed by atoms with E-state index < -0.39 is 12.4 Å². The summed E-state index contributed by atoms with van der Waals surface area (Å²) in [5.41, 5.74) is -0.225. The van der Waals surface area contributed by atoms with Gasteiger partial charge in [-0.15, -0.1) is 0 Å². The van der Waals surface area contributed by atoms with Crippen LogP contribution in [0.5, 0.6) is 11.5 Å². The van der Waals surface area contributed by atoms with Gasteiger partial charge in [0.15, 0.2) is 23.1 Å². The van der Waals surface area contributed by atoms with E-state index in [1.807, 2.05) is 0 Å². The molecule has 232 valence electrons. The van der Waals surface area contributed by atoms with Gasteiger partial charge in [-0.25, -0.2) is 9.37 Å². The first kappa shape index (κ1) is 31.8. The third kappa shape index (κ3) is 7.83. The van der Waals surface area contributed by atoms with Gasteiger partial charge in [-0.2, -0.15) is 13.8 Å². The molecule has 9 nitrogen and oxygen atoms in total. The Kier molecular flexibility index (Phi) is 9.87. The molecule has 2 aliphatic rings. The number of hydrogen-bond acceptors (Lipinski definition) is 9. The third-order valence-electron chi connectivity index (χ3n) is 8.21. The Morgan fingerprint density at radius 3 is 2.36 bits per heavy atom. The van der Waals surface area contributed by atoms with Crippen molar-refractivity contribution in [2.24, 2.45) is 0 Å². The smallest absolute Gasteiger partial charge is 0.387 e. The number of carbonyl (C=O) groups is 1. The number of hydrogen-bond donors (Lipinski definition) is 2. The molecule has 2 fully saturated rings. The van der Waals surface area contributed by atoms with Crippen molar-refractivity contribution in [1.82, 2.24) is 19.8 Å². The van der Waals surface area contributed by atoms with Crippen molar-refractivity contribution in [2.45, 2.75) is 103 Å². The number of aromatic nitrogens is 2. The Hall–Kier alpha value is -3.12. The van der Waals surface area contributed by atoms with Crippen molar-refractivity contribution >= 4 is 23.7 Å². The molecule has 0 aliphatic carbocycles. The van der Waals surface area contributed by atoms with Gasteiger partial charge in [-0.05, 0) is 79.4 Å². The molecule has 0 unspecified atom stereocenters. The summed E-state index contributed by atoms with van der Waals surface area (Å²) in [5, 5.41) is 6.19. The van der Waals surface area contributed by atoms with E-state index in [1.54, 1.807) is 12.1 Å². The van der Waals surface area contributed by atoms with Crippen LogP contribution in [0.2, 0.25) is 0 Å². The fourth-order valence-corrected chi connectivity index (χ4v) is 6.40. The number of piperidine rings is 2. The molecule has 1 aromatic heterocycles. The van der Waals surface area contributed by atoms with Crippen molar-refractivity contribution in [3.05, 3.63) is 30.2 Å². The molecule has 2 aliphatic heterocycles. The molecule has 0 atom stereocenters. The molecular weight excluding hydrogens is 549 g/mol. The Morgan fingerprint density at radius 1 is 1.10 bits per heavy atom. The van der Waals surface area contributed by atoms with E-state index >= 15 is 0 Å². The Morgan fingerprint density at radius 2 is 1.76 bits per heavy atom. The quantitative estimate of drug-likeness (QED) is 0.312. The summed E-state index contributed by atoms with van der Waals surface area (Å²) < 4.78 is 52.2. The maximum absolute atomic E-state index is 14.8. The maximum Gasteiger partial charge on any atom is 0.387 e. The number of benzene rings is 1. The highest BCUT2D eigenvalue weighted by Crippen LogP contribution is 2.39. The van der Waals surface area contributed by atoms with Crippen molar-refractivity contribution in [3.63, 3.8) is 0 Å². The summed E-state index contributed by atoms with van der Waals surface area (Å²) in [6.07, 6.45) is 4.78. The molecule has 1 aromatic carbocycles. The second kappa shape index (κ2) is 13.0. The lowest BCUT2D eigenvalue weighted by Crippen LogP contribution is -2.63. The molecule has 0 bridgehead atoms. The number of halogens is 3. The summed E-state index contributed by atoms with van der Waals surface area (Å²) in [5.74, 6) is -0.357. The number of nitrogens with one attached hydrogen (secondary N) is 2. The standard InChI is InChI=1S/C30H43F3N6O3/c1-19(2)38-11-9-22(10-12-38)41-24-8-7-20(15-25(24)42-27(32)33)36-28-34-18-23(31)26(37-28)35-21-16-29(3,4)39(13-14-40)30(5,6)17-21/h7-8,14-15,18-19,21-22,27H,9-13,16-17H2,1-6H3,(H2,34,35,36,37). The van der Waals surface area contributed by atoms with Gasteiger partial charge in [-0.1, -0.05) is 0 Å². The molecule has 0 saturated carbocycles. The Bertz CT molecular complexity index is 1200. The average Bonchev–Trinajstić information content (AvgIpc) is 2.89. The predicted molar refractivity (Wildman–Crippen MR) is 156 cm³/mol. The van der Waals surface area contributed by atoms with Gasteiger partial charge in [0.25, 0.3) is 0 Å². The van der Waals surface area contributed by atoms with Crippen LogP contribution in [0, 0.1) is 5.82 Å². The van der Waals surface area contributed by atoms with Crippen molar-refractivity contribution in [1.29, 1.82) is 0 Å². The van der Waals surface area contributed by atoms with E-state index in [2.05, 4.69) is 71.9 Å². The number of alkyl halides is 2. The van der Waals surface area contributed by atoms with Crippen LogP contribution in [0.15, 0.2) is 24.4 Å². The molecule has 2 saturated heterocycles. The molecule has 3 heterocycles. The molecule has 0 amide bonds. The fourth-order valence-electron chi connectivity index (χ4n) is 6.40. The van der Waals surface area contributed by atoms with Crippen LogP contribution in [0.3, 0.4) is 0 Å². The van der Waals surface area contributed by atoms with Crippen LogP contribution in [0.1, 0.15) is 67.2 Å². The van der Waals surface area contributed by atoms with Gasteiger partial charge in [0.2, 0.25) is 5.95 Å². The predicted octanol–water partition coefficient (Wildman–Crippen LogP) is 5.84. The van der Waals surface area contributed by atoms with E-state index in [1.165, 1.54) is 6.07 Å². The SMILES string of the molecule is CC(C)N1CCC(Oc2ccc(Nc3ncc(F)c(NC4CC(C)(C)N(CC=O)C(C)(C)C4)n3)cc2OC(F)F)CC1. The van der Waals surface area contributed by atoms with Crippen LogP contribution < -0.4 is 20.1 Å². The number of anilines is 3. The lowest BCUT2D eigenvalue weighted by Gasteiger charge is -2.54. The monoisotopic (exact) mass is 592 g/mol. The summed E-state index contributed by atoms with van der Waals surface area (Å²) in [4.78, 5) is 24.2. The zero-order valence-corrected chi connectivity index (χ0v) is 25.3.